The van der Waals surface area contributed by atoms with Crippen LogP contribution in [0.5, 0.6) is 5.75 Å². The molecule has 1 atom stereocenters. The Balaban J connectivity index is 1.11. The van der Waals surface area contributed by atoms with Crippen LogP contribution in [0.4, 0.5) is 5.82 Å². The van der Waals surface area contributed by atoms with E-state index in [-0.39, 0.29) is 6.10 Å². The molecule has 6 rings (SSSR count). The zero-order valence-corrected chi connectivity index (χ0v) is 21.0. The average Bonchev–Trinajstić information content (AvgIpc) is 3.21. The second kappa shape index (κ2) is 9.04. The van der Waals surface area contributed by atoms with Crippen LogP contribution in [0.3, 0.4) is 0 Å². The number of nitrogens with one attached hydrogen (secondary N) is 2. The number of likely N-dealkylation sites (tertiary alicyclic amines) is 1. The number of rotatable bonds is 7. The van der Waals surface area contributed by atoms with Crippen LogP contribution < -0.4 is 15.0 Å². The summed E-state index contributed by atoms with van der Waals surface area (Å²) < 4.78 is 5.89. The van der Waals surface area contributed by atoms with Gasteiger partial charge in [-0.2, -0.15) is 5.10 Å². The lowest BCUT2D eigenvalue weighted by Gasteiger charge is -2.56. The van der Waals surface area contributed by atoms with Crippen molar-refractivity contribution >= 4 is 16.7 Å². The minimum atomic E-state index is 0.122. The quantitative estimate of drug-likeness (QED) is 0.537. The van der Waals surface area contributed by atoms with Gasteiger partial charge in [0.25, 0.3) is 0 Å². The van der Waals surface area contributed by atoms with Gasteiger partial charge in [-0.3, -0.25) is 10.00 Å². The Morgan fingerprint density at radius 1 is 1.11 bits per heavy atom. The minimum Gasteiger partial charge on any atom is -0.491 e. The number of hydrogen-bond donors (Lipinski definition) is 2. The number of anilines is 1. The van der Waals surface area contributed by atoms with Crippen LogP contribution in [-0.4, -0.2) is 101 Å². The van der Waals surface area contributed by atoms with E-state index in [1.54, 1.807) is 6.33 Å². The van der Waals surface area contributed by atoms with Gasteiger partial charge in [0.15, 0.2) is 0 Å². The number of hydrogen-bond acceptors (Lipinski definition) is 8. The summed E-state index contributed by atoms with van der Waals surface area (Å²) in [6, 6.07) is 8.58. The van der Waals surface area contributed by atoms with Crippen molar-refractivity contribution in [2.24, 2.45) is 5.41 Å². The molecule has 35 heavy (non-hydrogen) atoms. The van der Waals surface area contributed by atoms with Gasteiger partial charge in [-0.25, -0.2) is 9.97 Å². The van der Waals surface area contributed by atoms with Crippen molar-refractivity contribution in [2.75, 3.05) is 63.8 Å². The number of aromatic nitrogens is 4. The summed E-state index contributed by atoms with van der Waals surface area (Å²) >= 11 is 0. The van der Waals surface area contributed by atoms with E-state index in [9.17, 15) is 0 Å². The lowest BCUT2D eigenvalue weighted by atomic mass is 9.74. The maximum atomic E-state index is 5.89. The van der Waals surface area contributed by atoms with Gasteiger partial charge in [0.2, 0.25) is 0 Å². The van der Waals surface area contributed by atoms with Gasteiger partial charge in [0, 0.05) is 81.8 Å². The molecule has 3 aliphatic heterocycles. The van der Waals surface area contributed by atoms with Gasteiger partial charge in [0.1, 0.15) is 23.6 Å². The third-order valence-corrected chi connectivity index (χ3v) is 7.71. The lowest BCUT2D eigenvalue weighted by molar-refractivity contribution is -0.0444. The summed E-state index contributed by atoms with van der Waals surface area (Å²) in [6.07, 6.45) is 1.78. The largest absolute Gasteiger partial charge is 0.491 e. The fraction of sp³-hybridized carbons (Fsp3) is 0.577. The molecule has 2 aromatic heterocycles. The van der Waals surface area contributed by atoms with E-state index >= 15 is 0 Å². The van der Waals surface area contributed by atoms with Crippen molar-refractivity contribution in [3.05, 3.63) is 30.6 Å². The monoisotopic (exact) mass is 476 g/mol. The Hall–Kier alpha value is -2.75. The number of piperazine rings is 1. The molecule has 0 radical (unpaired) electrons. The van der Waals surface area contributed by atoms with Gasteiger partial charge < -0.3 is 19.9 Å². The number of benzene rings is 1. The molecular formula is C26H36N8O. The summed E-state index contributed by atoms with van der Waals surface area (Å²) in [5, 5.41) is 12.1. The smallest absolute Gasteiger partial charge is 0.132 e. The molecule has 0 bridgehead atoms. The summed E-state index contributed by atoms with van der Waals surface area (Å²) in [5.74, 6) is 1.81. The number of H-pyrrole nitrogens is 1. The van der Waals surface area contributed by atoms with Crippen molar-refractivity contribution < 1.29 is 4.74 Å². The first-order valence-corrected chi connectivity index (χ1v) is 12.9. The van der Waals surface area contributed by atoms with Crippen molar-refractivity contribution in [1.82, 2.24) is 35.3 Å². The number of nitrogens with zero attached hydrogens (tertiary/aromatic N) is 6. The van der Waals surface area contributed by atoms with Gasteiger partial charge in [0.05, 0.1) is 17.3 Å². The van der Waals surface area contributed by atoms with Gasteiger partial charge in [-0.05, 0) is 39.0 Å². The van der Waals surface area contributed by atoms with Gasteiger partial charge in [-0.15, -0.1) is 0 Å². The van der Waals surface area contributed by atoms with Crippen molar-refractivity contribution in [2.45, 2.75) is 32.9 Å². The van der Waals surface area contributed by atoms with Crippen LogP contribution in [0.15, 0.2) is 30.6 Å². The molecule has 0 saturated carbocycles. The molecule has 2 N–H and O–H groups in total. The predicted octanol–water partition coefficient (Wildman–Crippen LogP) is 2.22. The normalized spacial score (nSPS) is 22.5. The first-order chi connectivity index (χ1) is 17.0. The summed E-state index contributed by atoms with van der Waals surface area (Å²) in [5.41, 5.74) is 3.24. The third kappa shape index (κ3) is 4.48. The van der Waals surface area contributed by atoms with Crippen LogP contribution in [0.25, 0.3) is 22.3 Å². The Morgan fingerprint density at radius 2 is 1.97 bits per heavy atom. The third-order valence-electron chi connectivity index (χ3n) is 7.71. The summed E-state index contributed by atoms with van der Waals surface area (Å²) in [7, 11) is 0. The highest BCUT2D eigenvalue weighted by Crippen LogP contribution is 2.34. The van der Waals surface area contributed by atoms with Crippen LogP contribution in [0.2, 0.25) is 0 Å². The van der Waals surface area contributed by atoms with E-state index in [4.69, 9.17) is 4.74 Å². The van der Waals surface area contributed by atoms with Gasteiger partial charge in [-0.1, -0.05) is 0 Å². The van der Waals surface area contributed by atoms with E-state index in [1.807, 2.05) is 32.0 Å². The predicted molar refractivity (Wildman–Crippen MR) is 138 cm³/mol. The zero-order valence-electron chi connectivity index (χ0n) is 21.0. The van der Waals surface area contributed by atoms with E-state index < -0.39 is 0 Å². The molecule has 186 valence electrons. The van der Waals surface area contributed by atoms with Crippen LogP contribution in [0.1, 0.15) is 20.8 Å². The highest BCUT2D eigenvalue weighted by atomic mass is 16.5. The molecule has 3 aliphatic rings. The Labute approximate surface area is 206 Å². The maximum absolute atomic E-state index is 5.89. The topological polar surface area (TPSA) is 85.4 Å². The number of fused-ring (bicyclic) bond motifs is 1. The summed E-state index contributed by atoms with van der Waals surface area (Å²) in [6.45, 7) is 16.7. The molecule has 0 amide bonds. The van der Waals surface area contributed by atoms with E-state index in [2.05, 4.69) is 53.2 Å². The van der Waals surface area contributed by atoms with Gasteiger partial charge >= 0.3 is 0 Å². The average molecular weight is 477 g/mol. The highest BCUT2D eigenvalue weighted by molar-refractivity contribution is 5.93. The Bertz CT molecular complexity index is 1180. The van der Waals surface area contributed by atoms with Crippen molar-refractivity contribution in [3.63, 3.8) is 0 Å². The molecule has 0 aliphatic carbocycles. The number of aromatic amines is 1. The SMILES string of the molecule is CC(C)Oc1ccc2[nH]nc(-c3cc(N4CCN(CCN5CC6(CNC6)C5)[C@@H](C)C4)ncn3)c2c1. The second-order valence-corrected chi connectivity index (χ2v) is 10.9. The first-order valence-electron chi connectivity index (χ1n) is 12.9. The fourth-order valence-corrected chi connectivity index (χ4v) is 5.75. The molecule has 3 aromatic rings. The molecule has 3 fully saturated rings. The van der Waals surface area contributed by atoms with Crippen molar-refractivity contribution in [3.8, 4) is 17.1 Å². The second-order valence-electron chi connectivity index (χ2n) is 10.9. The van der Waals surface area contributed by atoms with E-state index in [0.29, 0.717) is 11.5 Å². The minimum absolute atomic E-state index is 0.122. The lowest BCUT2D eigenvalue weighted by Crippen LogP contribution is -2.71. The number of ether oxygens (including phenoxy) is 1. The molecule has 0 unspecified atom stereocenters. The molecule has 1 spiro atoms. The first kappa shape index (κ1) is 22.7. The van der Waals surface area contributed by atoms with Crippen molar-refractivity contribution in [1.29, 1.82) is 0 Å². The maximum Gasteiger partial charge on any atom is 0.132 e. The zero-order chi connectivity index (χ0) is 24.0. The van der Waals surface area contributed by atoms with Crippen LogP contribution in [-0.2, 0) is 0 Å². The molecule has 9 heteroatoms. The van der Waals surface area contributed by atoms with Crippen LogP contribution in [0, 0.1) is 5.41 Å². The molecule has 1 aromatic carbocycles. The highest BCUT2D eigenvalue weighted by Gasteiger charge is 2.47. The Kier molecular flexibility index (Phi) is 5.86. The fourth-order valence-electron chi connectivity index (χ4n) is 5.75. The standard InChI is InChI=1S/C26H36N8O/c1-18(2)35-20-4-5-22-21(10-20)25(31-30-22)23-11-24(29-17-28-23)34-9-8-33(19(3)12-34)7-6-32-15-26(16-32)13-27-14-26/h4-5,10-11,17-19,27H,6-9,12-16H2,1-3H3,(H,30,31)/t19-/m0/s1. The Morgan fingerprint density at radius 3 is 2.71 bits per heavy atom. The molecule has 3 saturated heterocycles. The molecular weight excluding hydrogens is 440 g/mol. The van der Waals surface area contributed by atoms with E-state index in [1.165, 1.54) is 32.7 Å². The van der Waals surface area contributed by atoms with E-state index in [0.717, 1.165) is 60.0 Å². The molecule has 9 nitrogen and oxygen atoms in total. The summed E-state index contributed by atoms with van der Waals surface area (Å²) in [4.78, 5) is 16.8. The molecule has 5 heterocycles. The van der Waals surface area contributed by atoms with Crippen LogP contribution >= 0.6 is 0 Å².